The lowest BCUT2D eigenvalue weighted by atomic mass is 10.0. The van der Waals surface area contributed by atoms with E-state index in [4.69, 9.17) is 22.8 Å². The molecule has 0 heterocycles. The average Bonchev–Trinajstić information content (AvgIpc) is 2.16. The summed E-state index contributed by atoms with van der Waals surface area (Å²) in [5.74, 6) is 0. The molecule has 0 fully saturated rings. The summed E-state index contributed by atoms with van der Waals surface area (Å²) in [6.07, 6.45) is -2.37. The summed E-state index contributed by atoms with van der Waals surface area (Å²) in [4.78, 5) is 0. The third-order valence-corrected chi connectivity index (χ3v) is 1.69. The van der Waals surface area contributed by atoms with E-state index in [1.807, 2.05) is 0 Å². The molecule has 0 aliphatic carbocycles. The third-order valence-electron chi connectivity index (χ3n) is 1.43. The lowest BCUT2D eigenvalue weighted by Gasteiger charge is -2.14. The fourth-order valence-corrected chi connectivity index (χ4v) is 0.926. The number of rotatable bonds is 2. The van der Waals surface area contributed by atoms with Gasteiger partial charge in [0.05, 0.1) is 7.45 Å². The minimum atomic E-state index is -2.60. The summed E-state index contributed by atoms with van der Waals surface area (Å²) in [7, 11) is 0. The minimum Gasteiger partial charge on any atom is -0.387 e. The van der Waals surface area contributed by atoms with Crippen LogP contribution in [0.2, 0.25) is 5.02 Å². The molecule has 74 valence electrons. The van der Waals surface area contributed by atoms with Crippen LogP contribution in [0.15, 0.2) is 24.3 Å². The Bertz CT molecular complexity index is 366. The van der Waals surface area contributed by atoms with Crippen LogP contribution in [0.25, 0.3) is 0 Å². The van der Waals surface area contributed by atoms with Crippen LogP contribution in [0.3, 0.4) is 0 Å². The van der Waals surface area contributed by atoms with E-state index in [2.05, 4.69) is 0 Å². The summed E-state index contributed by atoms with van der Waals surface area (Å²) in [6.45, 7) is -2.60. The maximum atomic E-state index is 9.82. The smallest absolute Gasteiger partial charge is 0.0938 e. The van der Waals surface area contributed by atoms with Gasteiger partial charge in [-0.05, 0) is 24.5 Å². The van der Waals surface area contributed by atoms with Crippen molar-refractivity contribution in [2.24, 2.45) is 5.73 Å². The van der Waals surface area contributed by atoms with E-state index >= 15 is 0 Å². The Morgan fingerprint density at radius 1 is 1.54 bits per heavy atom. The van der Waals surface area contributed by atoms with Crippen LogP contribution in [0.5, 0.6) is 0 Å². The fraction of sp³-hybridized carbons (Fsp3) is 0.333. The second-order valence-corrected chi connectivity index (χ2v) is 2.81. The van der Waals surface area contributed by atoms with Gasteiger partial charge in [0.1, 0.15) is 0 Å². The van der Waals surface area contributed by atoms with Crippen LogP contribution < -0.4 is 5.73 Å². The molecule has 3 N–H and O–H groups in total. The largest absolute Gasteiger partial charge is 0.387 e. The van der Waals surface area contributed by atoms with Crippen molar-refractivity contribution in [1.82, 2.24) is 0 Å². The topological polar surface area (TPSA) is 46.2 Å². The highest BCUT2D eigenvalue weighted by atomic mass is 35.5. The first-order chi connectivity index (χ1) is 7.15. The molecule has 0 aliphatic rings. The van der Waals surface area contributed by atoms with Crippen molar-refractivity contribution >= 4 is 24.0 Å². The first-order valence-electron chi connectivity index (χ1n) is 5.39. The Hall–Kier alpha value is -0.280. The Morgan fingerprint density at radius 3 is 2.54 bits per heavy atom. The van der Waals surface area contributed by atoms with Gasteiger partial charge < -0.3 is 10.8 Å². The molecule has 1 aromatic rings. The standard InChI is InChI=1S/C9H12ClNO.ClH/c1-6(11)9(12)7-2-4-8(10)5-3-7;/h2-6,9,12H,11H2,1H3;1H/t6-,9-;/m1./s1/i1D3,9D;. The zero-order valence-corrected chi connectivity index (χ0v) is 8.27. The number of halogens is 2. The maximum absolute atomic E-state index is 9.82. The summed E-state index contributed by atoms with van der Waals surface area (Å²) in [5, 5.41) is 10.3. The molecule has 0 aromatic heterocycles. The molecule has 0 spiro atoms. The van der Waals surface area contributed by atoms with E-state index in [1.165, 1.54) is 24.3 Å². The first kappa shape index (κ1) is 7.07. The van der Waals surface area contributed by atoms with Gasteiger partial charge in [-0.15, -0.1) is 12.4 Å². The molecule has 0 bridgehead atoms. The van der Waals surface area contributed by atoms with E-state index < -0.39 is 19.0 Å². The van der Waals surface area contributed by atoms with E-state index in [1.54, 1.807) is 0 Å². The van der Waals surface area contributed by atoms with Crippen LogP contribution in [-0.2, 0) is 0 Å². The zero-order valence-electron chi connectivity index (χ0n) is 10.7. The first-order valence-corrected chi connectivity index (χ1v) is 3.77. The highest BCUT2D eigenvalue weighted by Gasteiger charge is 2.11. The number of benzene rings is 1. The lowest BCUT2D eigenvalue weighted by Crippen LogP contribution is -2.24. The third kappa shape index (κ3) is 3.53. The van der Waals surface area contributed by atoms with Crippen LogP contribution in [-0.4, -0.2) is 11.1 Å². The van der Waals surface area contributed by atoms with Crippen molar-refractivity contribution in [3.05, 3.63) is 34.9 Å². The monoisotopic (exact) mass is 225 g/mol. The lowest BCUT2D eigenvalue weighted by molar-refractivity contribution is 0.153. The van der Waals surface area contributed by atoms with Gasteiger partial charge in [-0.3, -0.25) is 0 Å². The Labute approximate surface area is 94.7 Å². The molecular formula is C9H13Cl2NO. The van der Waals surface area contributed by atoms with E-state index in [9.17, 15) is 5.11 Å². The summed E-state index contributed by atoms with van der Waals surface area (Å²) in [5.41, 5.74) is 5.46. The van der Waals surface area contributed by atoms with E-state index in [-0.39, 0.29) is 18.0 Å². The van der Waals surface area contributed by atoms with E-state index in [0.29, 0.717) is 5.02 Å². The molecule has 0 amide bonds. The van der Waals surface area contributed by atoms with E-state index in [0.717, 1.165) is 0 Å². The Morgan fingerprint density at radius 2 is 2.08 bits per heavy atom. The van der Waals surface area contributed by atoms with Gasteiger partial charge in [0, 0.05) is 15.2 Å². The quantitative estimate of drug-likeness (QED) is 0.811. The van der Waals surface area contributed by atoms with Gasteiger partial charge >= 0.3 is 0 Å². The van der Waals surface area contributed by atoms with Gasteiger partial charge in [0.2, 0.25) is 0 Å². The molecular weight excluding hydrogens is 209 g/mol. The molecule has 0 saturated carbocycles. The number of hydrogen-bond acceptors (Lipinski definition) is 2. The molecule has 13 heavy (non-hydrogen) atoms. The number of hydrogen-bond donors (Lipinski definition) is 2. The predicted octanol–water partition coefficient (Wildman–Crippen LogP) is 2.14. The Kier molecular flexibility index (Phi) is 2.96. The van der Waals surface area contributed by atoms with Gasteiger partial charge in [-0.25, -0.2) is 0 Å². The van der Waals surface area contributed by atoms with Crippen LogP contribution in [0.4, 0.5) is 0 Å². The second kappa shape index (κ2) is 5.45. The summed E-state index contributed by atoms with van der Waals surface area (Å²) < 4.78 is 28.9. The van der Waals surface area contributed by atoms with Gasteiger partial charge in [0.25, 0.3) is 0 Å². The van der Waals surface area contributed by atoms with Gasteiger partial charge in [-0.1, -0.05) is 23.7 Å². The molecule has 1 aromatic carbocycles. The molecule has 2 atom stereocenters. The Balaban J connectivity index is 0.00000256. The zero-order chi connectivity index (χ0) is 12.6. The molecule has 0 radical (unpaired) electrons. The highest BCUT2D eigenvalue weighted by molar-refractivity contribution is 6.30. The summed E-state index contributed by atoms with van der Waals surface area (Å²) >= 11 is 5.65. The van der Waals surface area contributed by atoms with Gasteiger partial charge in [0.15, 0.2) is 0 Å². The SMILES string of the molecule is Cl.[2H]C([2H])([2H])[C@@H](N)[C@@]([2H])(O)c1ccc(Cl)cc1. The average molecular weight is 226 g/mol. The molecule has 0 saturated heterocycles. The van der Waals surface area contributed by atoms with Crippen LogP contribution in [0, 0.1) is 0 Å². The van der Waals surface area contributed by atoms with Crippen LogP contribution in [0.1, 0.15) is 24.0 Å². The molecule has 2 nitrogen and oxygen atoms in total. The van der Waals surface area contributed by atoms with Gasteiger partial charge in [-0.2, -0.15) is 0 Å². The molecule has 0 aliphatic heterocycles. The molecule has 4 heteroatoms. The predicted molar refractivity (Wildman–Crippen MR) is 57.3 cm³/mol. The van der Waals surface area contributed by atoms with Crippen molar-refractivity contribution in [1.29, 1.82) is 0 Å². The highest BCUT2D eigenvalue weighted by Crippen LogP contribution is 2.17. The number of nitrogens with two attached hydrogens (primary N) is 1. The van der Waals surface area contributed by atoms with Crippen molar-refractivity contribution < 1.29 is 10.6 Å². The van der Waals surface area contributed by atoms with Crippen molar-refractivity contribution in [2.75, 3.05) is 0 Å². The molecule has 0 unspecified atom stereocenters. The van der Waals surface area contributed by atoms with Crippen molar-refractivity contribution in [3.63, 3.8) is 0 Å². The van der Waals surface area contributed by atoms with Crippen LogP contribution >= 0.6 is 24.0 Å². The van der Waals surface area contributed by atoms with Crippen molar-refractivity contribution in [3.8, 4) is 0 Å². The molecule has 1 rings (SSSR count). The minimum absolute atomic E-state index is 0. The number of aliphatic hydroxyl groups is 1. The fourth-order valence-electron chi connectivity index (χ4n) is 0.800. The van der Waals surface area contributed by atoms with Crippen molar-refractivity contribution in [2.45, 2.75) is 19.0 Å². The normalized spacial score (nSPS) is 22.4. The second-order valence-electron chi connectivity index (χ2n) is 2.37. The summed E-state index contributed by atoms with van der Waals surface area (Å²) in [6, 6.07) is 3.99. The maximum Gasteiger partial charge on any atom is 0.0938 e.